The first-order valence-electron chi connectivity index (χ1n) is 10.1. The van der Waals surface area contributed by atoms with Gasteiger partial charge in [0.25, 0.3) is 0 Å². The van der Waals surface area contributed by atoms with Crippen molar-refractivity contribution in [3.63, 3.8) is 0 Å². The zero-order chi connectivity index (χ0) is 24.3. The second-order valence-electron chi connectivity index (χ2n) is 5.30. The van der Waals surface area contributed by atoms with Crippen molar-refractivity contribution in [2.45, 2.75) is 34.6 Å². The van der Waals surface area contributed by atoms with Crippen molar-refractivity contribution in [1.82, 2.24) is 0 Å². The summed E-state index contributed by atoms with van der Waals surface area (Å²) in [4.78, 5) is 0. The molecule has 0 heterocycles. The quantitative estimate of drug-likeness (QED) is 0.0741. The summed E-state index contributed by atoms with van der Waals surface area (Å²) in [6.07, 6.45) is 0. The number of rotatable bonds is 15. The van der Waals surface area contributed by atoms with E-state index in [1.54, 1.807) is 37.4 Å². The maximum atomic E-state index is 9.07. The lowest BCUT2D eigenvalue weighted by atomic mass is 10.1. The molecule has 0 spiro atoms. The van der Waals surface area contributed by atoms with E-state index in [0.29, 0.717) is 32.0 Å². The van der Waals surface area contributed by atoms with Crippen molar-refractivity contribution in [1.29, 1.82) is 5.26 Å². The molecule has 0 saturated carbocycles. The topological polar surface area (TPSA) is 82.3 Å². The highest BCUT2D eigenvalue weighted by molar-refractivity contribution is 8.69. The van der Waals surface area contributed by atoms with Gasteiger partial charge in [0.1, 0.15) is 6.07 Å². The van der Waals surface area contributed by atoms with Gasteiger partial charge in [-0.3, -0.25) is 9.05 Å². The molecule has 0 radical (unpaired) electrons. The molecular formula is C19H32N2O5P2S4. The molecule has 0 aromatic heterocycles. The molecule has 0 atom stereocenters. The van der Waals surface area contributed by atoms with Crippen LogP contribution >= 0.6 is 35.6 Å². The standard InChI is InChI=1S/C12H15N2O3PS.C7H17O2PS3/c1-3-15-18(19,16-4-2)17-14-12(10-13)11-8-6-5-7-9-11;1-4-8-10(11,9-5-2)13-7-12-6-3/h5-9H,3-4H2,1-2H3;4-7H2,1-3H3/b14-12-;. The number of hydrogen-bond donors (Lipinski definition) is 0. The Morgan fingerprint density at radius 2 is 1.47 bits per heavy atom. The second-order valence-corrected chi connectivity index (χ2v) is 16.2. The third kappa shape index (κ3) is 14.3. The summed E-state index contributed by atoms with van der Waals surface area (Å²) in [7, 11) is 0. The Balaban J connectivity index is 0.000000649. The van der Waals surface area contributed by atoms with Gasteiger partial charge in [-0.15, -0.1) is 0 Å². The minimum Gasteiger partial charge on any atom is -0.322 e. The van der Waals surface area contributed by atoms with Gasteiger partial charge in [-0.2, -0.15) is 17.0 Å². The minimum atomic E-state index is -2.91. The molecule has 182 valence electrons. The number of oxime groups is 1. The van der Waals surface area contributed by atoms with E-state index < -0.39 is 12.4 Å². The Morgan fingerprint density at radius 1 is 0.938 bits per heavy atom. The lowest BCUT2D eigenvalue weighted by Crippen LogP contribution is -2.01. The summed E-state index contributed by atoms with van der Waals surface area (Å²) >= 11 is 14.0. The molecule has 1 aromatic carbocycles. The summed E-state index contributed by atoms with van der Waals surface area (Å²) in [5, 5.41) is 13.8. The molecule has 0 aliphatic carbocycles. The fourth-order valence-corrected chi connectivity index (χ4v) is 10.6. The van der Waals surface area contributed by atoms with Gasteiger partial charge in [-0.25, -0.2) is 0 Å². The molecule has 0 aliphatic rings. The van der Waals surface area contributed by atoms with Crippen molar-refractivity contribution < 1.29 is 22.7 Å². The van der Waals surface area contributed by atoms with E-state index in [-0.39, 0.29) is 5.71 Å². The van der Waals surface area contributed by atoms with E-state index in [9.17, 15) is 0 Å². The Morgan fingerprint density at radius 3 is 1.91 bits per heavy atom. The molecule has 0 N–H and O–H groups in total. The molecule has 0 amide bonds. The van der Waals surface area contributed by atoms with Gasteiger partial charge in [0.2, 0.25) is 5.69 Å². The van der Waals surface area contributed by atoms with E-state index in [1.165, 1.54) is 0 Å². The van der Waals surface area contributed by atoms with Crippen molar-refractivity contribution in [3.05, 3.63) is 35.9 Å². The third-order valence-corrected chi connectivity index (χ3v) is 12.4. The molecule has 0 unspecified atom stereocenters. The third-order valence-electron chi connectivity index (χ3n) is 3.03. The molecule has 13 heteroatoms. The van der Waals surface area contributed by atoms with E-state index >= 15 is 0 Å². The van der Waals surface area contributed by atoms with Gasteiger partial charge in [0.15, 0.2) is 5.71 Å². The highest BCUT2D eigenvalue weighted by Gasteiger charge is 2.21. The summed E-state index contributed by atoms with van der Waals surface area (Å²) in [6, 6.07) is 10.9. The van der Waals surface area contributed by atoms with Gasteiger partial charge in [0.05, 0.1) is 26.4 Å². The van der Waals surface area contributed by atoms with Crippen LogP contribution in [-0.4, -0.2) is 43.0 Å². The van der Waals surface area contributed by atoms with Gasteiger partial charge in [-0.05, 0) is 45.3 Å². The van der Waals surface area contributed by atoms with Crippen molar-refractivity contribution in [3.8, 4) is 6.07 Å². The van der Waals surface area contributed by atoms with Gasteiger partial charge in [0, 0.05) is 22.5 Å². The first-order chi connectivity index (χ1) is 15.3. The van der Waals surface area contributed by atoms with Crippen LogP contribution in [0.4, 0.5) is 0 Å². The van der Waals surface area contributed by atoms with Crippen LogP contribution in [-0.2, 0) is 46.3 Å². The molecule has 0 fully saturated rings. The smallest absolute Gasteiger partial charge is 0.322 e. The normalized spacial score (nSPS) is 11.9. The van der Waals surface area contributed by atoms with Crippen LogP contribution in [0.1, 0.15) is 40.2 Å². The summed E-state index contributed by atoms with van der Waals surface area (Å²) in [6.45, 7) is 8.70. The second kappa shape index (κ2) is 19.3. The van der Waals surface area contributed by atoms with Crippen LogP contribution in [0.15, 0.2) is 35.5 Å². The largest absolute Gasteiger partial charge is 0.402 e. The van der Waals surface area contributed by atoms with E-state index in [2.05, 4.69) is 12.1 Å². The molecule has 1 aromatic rings. The molecule has 0 aliphatic heterocycles. The van der Waals surface area contributed by atoms with Crippen LogP contribution < -0.4 is 0 Å². The Hall–Kier alpha value is 0.0200. The Kier molecular flexibility index (Phi) is 19.4. The van der Waals surface area contributed by atoms with E-state index in [4.69, 9.17) is 51.6 Å². The van der Waals surface area contributed by atoms with Crippen LogP contribution in [0, 0.1) is 11.3 Å². The number of benzene rings is 1. The highest BCUT2D eigenvalue weighted by atomic mass is 32.9. The fraction of sp³-hybridized carbons (Fsp3) is 0.579. The summed E-state index contributed by atoms with van der Waals surface area (Å²) in [5.41, 5.74) is -1.23. The highest BCUT2D eigenvalue weighted by Crippen LogP contribution is 2.61. The Bertz CT molecular complexity index is 774. The first-order valence-corrected chi connectivity index (χ1v) is 18.0. The zero-order valence-corrected chi connectivity index (χ0v) is 24.1. The summed E-state index contributed by atoms with van der Waals surface area (Å²) in [5.74, 6) is 1.11. The number of hydrogen-bond acceptors (Lipinski definition) is 11. The first kappa shape index (κ1) is 32.0. The zero-order valence-electron chi connectivity index (χ0n) is 19.1. The van der Waals surface area contributed by atoms with E-state index in [1.807, 2.05) is 49.9 Å². The molecule has 0 bridgehead atoms. The lowest BCUT2D eigenvalue weighted by molar-refractivity contribution is 0.172. The minimum absolute atomic E-state index is 0.134. The van der Waals surface area contributed by atoms with Gasteiger partial charge in [-0.1, -0.05) is 53.8 Å². The number of nitriles is 1. The SMILES string of the molecule is CCOP(=S)(OCC)O/N=C(/C#N)c1ccccc1.CCOP(=S)(OCC)SCSCC. The maximum absolute atomic E-state index is 9.07. The van der Waals surface area contributed by atoms with Crippen LogP contribution in [0.3, 0.4) is 0 Å². The predicted molar refractivity (Wildman–Crippen MR) is 145 cm³/mol. The number of nitrogens with zero attached hydrogens (tertiary/aromatic N) is 2. The lowest BCUT2D eigenvalue weighted by Gasteiger charge is -2.19. The van der Waals surface area contributed by atoms with Crippen molar-refractivity contribution in [2.75, 3.05) is 37.3 Å². The molecule has 7 nitrogen and oxygen atoms in total. The molecule has 1 rings (SSSR count). The fourth-order valence-electron chi connectivity index (χ4n) is 1.84. The van der Waals surface area contributed by atoms with Crippen LogP contribution in [0.5, 0.6) is 0 Å². The maximum Gasteiger partial charge on any atom is 0.402 e. The van der Waals surface area contributed by atoms with Crippen LogP contribution in [0.2, 0.25) is 0 Å². The van der Waals surface area contributed by atoms with E-state index in [0.717, 1.165) is 10.8 Å². The monoisotopic (exact) mass is 558 g/mol. The van der Waals surface area contributed by atoms with Crippen molar-refractivity contribution >= 4 is 64.9 Å². The van der Waals surface area contributed by atoms with Crippen LogP contribution in [0.25, 0.3) is 0 Å². The van der Waals surface area contributed by atoms with Gasteiger partial charge >= 0.3 is 6.72 Å². The predicted octanol–water partition coefficient (Wildman–Crippen LogP) is 6.96. The van der Waals surface area contributed by atoms with Crippen molar-refractivity contribution in [2.24, 2.45) is 5.16 Å². The van der Waals surface area contributed by atoms with Gasteiger partial charge < -0.3 is 13.7 Å². The Labute approximate surface area is 211 Å². The average Bonchev–Trinajstić information content (AvgIpc) is 2.76. The molecular weight excluding hydrogens is 526 g/mol. The number of thioether (sulfide) groups is 1. The molecule has 32 heavy (non-hydrogen) atoms. The average molecular weight is 559 g/mol. The summed E-state index contributed by atoms with van der Waals surface area (Å²) < 4.78 is 26.6. The molecule has 0 saturated heterocycles.